The van der Waals surface area contributed by atoms with Gasteiger partial charge in [-0.3, -0.25) is 9.78 Å². The molecule has 0 bridgehead atoms. The topological polar surface area (TPSA) is 84.3 Å². The monoisotopic (exact) mass is 285 g/mol. The van der Waals surface area contributed by atoms with Crippen molar-refractivity contribution in [2.45, 2.75) is 33.1 Å². The summed E-state index contributed by atoms with van der Waals surface area (Å²) in [5, 5.41) is 14.6. The standard InChI is InChI=1S/C14H19N7/c1-8-9(7-16-21(8)5)17-12-11-10(6-15-20-11)18-13(19-12)14(2,3)4/h6-7H,1-5H3,(H,15,20)(H,17,18,19). The van der Waals surface area contributed by atoms with Crippen molar-refractivity contribution >= 4 is 22.5 Å². The molecular weight excluding hydrogens is 266 g/mol. The molecule has 110 valence electrons. The molecule has 0 fully saturated rings. The van der Waals surface area contributed by atoms with E-state index in [0.717, 1.165) is 34.1 Å². The summed E-state index contributed by atoms with van der Waals surface area (Å²) in [4.78, 5) is 9.23. The van der Waals surface area contributed by atoms with Gasteiger partial charge in [0.2, 0.25) is 0 Å². The first-order valence-corrected chi connectivity index (χ1v) is 6.83. The zero-order valence-electron chi connectivity index (χ0n) is 12.9. The van der Waals surface area contributed by atoms with E-state index in [1.807, 2.05) is 18.7 Å². The first-order chi connectivity index (χ1) is 9.86. The third-order valence-electron chi connectivity index (χ3n) is 3.46. The van der Waals surface area contributed by atoms with Crippen molar-refractivity contribution in [3.8, 4) is 0 Å². The van der Waals surface area contributed by atoms with E-state index in [9.17, 15) is 0 Å². The molecule has 0 unspecified atom stereocenters. The molecular formula is C14H19N7. The molecule has 3 aromatic heterocycles. The van der Waals surface area contributed by atoms with E-state index < -0.39 is 0 Å². The number of nitrogens with zero attached hydrogens (tertiary/aromatic N) is 5. The molecule has 0 saturated heterocycles. The molecule has 0 aliphatic rings. The Morgan fingerprint density at radius 3 is 2.57 bits per heavy atom. The Hall–Kier alpha value is -2.44. The third kappa shape index (κ3) is 2.35. The van der Waals surface area contributed by atoms with Crippen molar-refractivity contribution in [2.24, 2.45) is 7.05 Å². The number of fused-ring (bicyclic) bond motifs is 1. The van der Waals surface area contributed by atoms with Crippen LogP contribution in [0, 0.1) is 6.92 Å². The van der Waals surface area contributed by atoms with E-state index in [1.165, 1.54) is 0 Å². The smallest absolute Gasteiger partial charge is 0.160 e. The van der Waals surface area contributed by atoms with Gasteiger partial charge < -0.3 is 5.32 Å². The Bertz CT molecular complexity index is 791. The van der Waals surface area contributed by atoms with Gasteiger partial charge in [-0.25, -0.2) is 9.97 Å². The second-order valence-electron chi connectivity index (χ2n) is 6.17. The van der Waals surface area contributed by atoms with Crippen molar-refractivity contribution < 1.29 is 0 Å². The Kier molecular flexibility index (Phi) is 2.93. The normalized spacial score (nSPS) is 12.0. The van der Waals surface area contributed by atoms with Crippen molar-refractivity contribution in [1.82, 2.24) is 29.9 Å². The summed E-state index contributed by atoms with van der Waals surface area (Å²) in [5.41, 5.74) is 3.43. The third-order valence-corrected chi connectivity index (χ3v) is 3.46. The highest BCUT2D eigenvalue weighted by atomic mass is 15.3. The quantitative estimate of drug-likeness (QED) is 0.755. The van der Waals surface area contributed by atoms with Gasteiger partial charge in [-0.2, -0.15) is 10.2 Å². The van der Waals surface area contributed by atoms with E-state index >= 15 is 0 Å². The largest absolute Gasteiger partial charge is 0.336 e. The van der Waals surface area contributed by atoms with Crippen LogP contribution in [0.25, 0.3) is 11.0 Å². The highest BCUT2D eigenvalue weighted by Crippen LogP contribution is 2.27. The summed E-state index contributed by atoms with van der Waals surface area (Å²) in [6, 6.07) is 0. The first-order valence-electron chi connectivity index (χ1n) is 6.83. The average Bonchev–Trinajstić information content (AvgIpc) is 2.99. The summed E-state index contributed by atoms with van der Waals surface area (Å²) >= 11 is 0. The number of nitrogens with one attached hydrogen (secondary N) is 2. The number of aryl methyl sites for hydroxylation is 1. The van der Waals surface area contributed by atoms with Crippen molar-refractivity contribution in [3.05, 3.63) is 23.9 Å². The van der Waals surface area contributed by atoms with Gasteiger partial charge in [-0.1, -0.05) is 20.8 Å². The minimum absolute atomic E-state index is 0.133. The SMILES string of the molecule is Cc1c(Nc2nc(C(C)(C)C)nc3cn[nH]c23)cnn1C. The lowest BCUT2D eigenvalue weighted by atomic mass is 9.95. The molecule has 0 aliphatic carbocycles. The van der Waals surface area contributed by atoms with Gasteiger partial charge in [-0.15, -0.1) is 0 Å². The van der Waals surface area contributed by atoms with Crippen LogP contribution in [-0.4, -0.2) is 29.9 Å². The first kappa shape index (κ1) is 13.5. The summed E-state index contributed by atoms with van der Waals surface area (Å²) in [6.45, 7) is 8.28. The van der Waals surface area contributed by atoms with Crippen LogP contribution in [0.5, 0.6) is 0 Å². The van der Waals surface area contributed by atoms with Crippen LogP contribution < -0.4 is 5.32 Å². The number of rotatable bonds is 2. The number of aromatic nitrogens is 6. The lowest BCUT2D eigenvalue weighted by molar-refractivity contribution is 0.549. The highest BCUT2D eigenvalue weighted by Gasteiger charge is 2.21. The molecule has 3 rings (SSSR count). The Labute approximate surface area is 122 Å². The molecule has 0 saturated carbocycles. The molecule has 0 spiro atoms. The number of hydrogen-bond acceptors (Lipinski definition) is 5. The zero-order chi connectivity index (χ0) is 15.2. The van der Waals surface area contributed by atoms with Crippen LogP contribution in [-0.2, 0) is 12.5 Å². The average molecular weight is 285 g/mol. The maximum Gasteiger partial charge on any atom is 0.160 e. The van der Waals surface area contributed by atoms with Gasteiger partial charge in [0, 0.05) is 12.5 Å². The number of hydrogen-bond donors (Lipinski definition) is 2. The fourth-order valence-corrected chi connectivity index (χ4v) is 2.01. The summed E-state index contributed by atoms with van der Waals surface area (Å²) in [5.74, 6) is 1.50. The predicted molar refractivity (Wildman–Crippen MR) is 81.6 cm³/mol. The Morgan fingerprint density at radius 1 is 1.19 bits per heavy atom. The lowest BCUT2D eigenvalue weighted by Crippen LogP contribution is -2.17. The van der Waals surface area contributed by atoms with Gasteiger partial charge in [-0.05, 0) is 6.92 Å². The molecule has 2 N–H and O–H groups in total. The second-order valence-corrected chi connectivity index (χ2v) is 6.17. The predicted octanol–water partition coefficient (Wildman–Crippen LogP) is 2.44. The maximum absolute atomic E-state index is 4.66. The van der Waals surface area contributed by atoms with Gasteiger partial charge in [0.1, 0.15) is 16.9 Å². The fourth-order valence-electron chi connectivity index (χ4n) is 2.01. The van der Waals surface area contributed by atoms with Gasteiger partial charge >= 0.3 is 0 Å². The molecule has 0 atom stereocenters. The van der Waals surface area contributed by atoms with Crippen molar-refractivity contribution in [1.29, 1.82) is 0 Å². The Balaban J connectivity index is 2.12. The minimum Gasteiger partial charge on any atom is -0.336 e. The van der Waals surface area contributed by atoms with Crippen LogP contribution in [0.3, 0.4) is 0 Å². The fraction of sp³-hybridized carbons (Fsp3) is 0.429. The summed E-state index contributed by atoms with van der Waals surface area (Å²) in [7, 11) is 1.91. The minimum atomic E-state index is -0.133. The van der Waals surface area contributed by atoms with E-state index in [0.29, 0.717) is 0 Å². The molecule has 0 radical (unpaired) electrons. The molecule has 3 heterocycles. The van der Waals surface area contributed by atoms with Gasteiger partial charge in [0.05, 0.1) is 23.8 Å². The molecule has 7 nitrogen and oxygen atoms in total. The lowest BCUT2D eigenvalue weighted by Gasteiger charge is -2.17. The van der Waals surface area contributed by atoms with E-state index in [2.05, 4.69) is 51.4 Å². The number of H-pyrrole nitrogens is 1. The molecule has 0 aromatic carbocycles. The van der Waals surface area contributed by atoms with Gasteiger partial charge in [0.25, 0.3) is 0 Å². The highest BCUT2D eigenvalue weighted by molar-refractivity contribution is 5.87. The van der Waals surface area contributed by atoms with E-state index in [1.54, 1.807) is 12.4 Å². The second kappa shape index (κ2) is 4.54. The van der Waals surface area contributed by atoms with Crippen LogP contribution in [0.4, 0.5) is 11.5 Å². The van der Waals surface area contributed by atoms with Crippen LogP contribution in [0.2, 0.25) is 0 Å². The van der Waals surface area contributed by atoms with Crippen LogP contribution >= 0.6 is 0 Å². The summed E-state index contributed by atoms with van der Waals surface area (Å²) < 4.78 is 1.82. The van der Waals surface area contributed by atoms with Crippen LogP contribution in [0.1, 0.15) is 32.3 Å². The molecule has 0 aliphatic heterocycles. The van der Waals surface area contributed by atoms with E-state index in [4.69, 9.17) is 0 Å². The van der Waals surface area contributed by atoms with Crippen molar-refractivity contribution in [3.63, 3.8) is 0 Å². The molecule has 0 amide bonds. The number of aromatic amines is 1. The Morgan fingerprint density at radius 2 is 1.95 bits per heavy atom. The zero-order valence-corrected chi connectivity index (χ0v) is 12.9. The van der Waals surface area contributed by atoms with Crippen molar-refractivity contribution in [2.75, 3.05) is 5.32 Å². The van der Waals surface area contributed by atoms with Gasteiger partial charge in [0.15, 0.2) is 5.82 Å². The van der Waals surface area contributed by atoms with E-state index in [-0.39, 0.29) is 5.41 Å². The summed E-state index contributed by atoms with van der Waals surface area (Å²) in [6.07, 6.45) is 3.50. The molecule has 21 heavy (non-hydrogen) atoms. The van der Waals surface area contributed by atoms with Crippen LogP contribution in [0.15, 0.2) is 12.4 Å². The number of anilines is 2. The molecule has 7 heteroatoms. The maximum atomic E-state index is 4.66. The molecule has 3 aromatic rings.